The lowest BCUT2D eigenvalue weighted by molar-refractivity contribution is -0.147. The Kier molecular flexibility index (Phi) is 6.32. The topological polar surface area (TPSA) is 76.0 Å². The summed E-state index contributed by atoms with van der Waals surface area (Å²) in [4.78, 5) is 11.6. The fourth-order valence-electron chi connectivity index (χ4n) is 2.36. The van der Waals surface area contributed by atoms with Gasteiger partial charge in [0.2, 0.25) is 0 Å². The van der Waals surface area contributed by atoms with E-state index in [4.69, 9.17) is 14.6 Å². The van der Waals surface area contributed by atoms with Gasteiger partial charge in [0, 0.05) is 19.6 Å². The number of hydrogen-bond acceptors (Lipinski definition) is 5. The molecule has 0 aromatic rings. The number of hydrogen-bond donors (Lipinski definition) is 2. The van der Waals surface area contributed by atoms with Crippen LogP contribution in [0.1, 0.15) is 12.8 Å². The number of esters is 1. The van der Waals surface area contributed by atoms with Crippen LogP contribution in [0.4, 0.5) is 0 Å². The second kappa shape index (κ2) is 7.51. The minimum atomic E-state index is -0.592. The number of allylic oxidation sites excluding steroid dienone is 1. The second-order valence-electron chi connectivity index (χ2n) is 4.73. The third-order valence-electron chi connectivity index (χ3n) is 3.39. The van der Waals surface area contributed by atoms with Gasteiger partial charge in [0.1, 0.15) is 0 Å². The van der Waals surface area contributed by atoms with Crippen LogP contribution in [0.2, 0.25) is 0 Å². The first-order valence-corrected chi connectivity index (χ1v) is 6.16. The Hall–Kier alpha value is -0.910. The summed E-state index contributed by atoms with van der Waals surface area (Å²) in [6.07, 6.45) is 4.29. The van der Waals surface area contributed by atoms with E-state index >= 15 is 0 Å². The summed E-state index contributed by atoms with van der Waals surface area (Å²) < 4.78 is 9.76. The van der Waals surface area contributed by atoms with Crippen LogP contribution in [-0.2, 0) is 14.3 Å². The average molecular weight is 258 g/mol. The van der Waals surface area contributed by atoms with Gasteiger partial charge >= 0.3 is 5.97 Å². The standard InChI is InChI=1S/C13H22O5/c1-17-8-11(13(16)18-2)6-9-3-4-12(15)10(5-9)7-14/h3-4,9-12,14-15H,5-8H2,1-2H3. The SMILES string of the molecule is COCC(CC1C=CC(O)C(CO)C1)C(=O)OC. The summed E-state index contributed by atoms with van der Waals surface area (Å²) in [5, 5.41) is 18.8. The molecule has 1 aliphatic carbocycles. The van der Waals surface area contributed by atoms with Crippen LogP contribution in [0.5, 0.6) is 0 Å². The van der Waals surface area contributed by atoms with Crippen molar-refractivity contribution >= 4 is 5.97 Å². The molecule has 0 saturated carbocycles. The highest BCUT2D eigenvalue weighted by atomic mass is 16.5. The summed E-state index contributed by atoms with van der Waals surface area (Å²) in [6.45, 7) is 0.276. The molecule has 0 aromatic heterocycles. The molecule has 0 saturated heterocycles. The molecule has 104 valence electrons. The molecule has 2 N–H and O–H groups in total. The van der Waals surface area contributed by atoms with Crippen LogP contribution < -0.4 is 0 Å². The number of ether oxygens (including phenoxy) is 2. The van der Waals surface area contributed by atoms with Crippen LogP contribution in [0, 0.1) is 17.8 Å². The van der Waals surface area contributed by atoms with Crippen LogP contribution in [0.3, 0.4) is 0 Å². The smallest absolute Gasteiger partial charge is 0.311 e. The Labute approximate surface area is 107 Å². The van der Waals surface area contributed by atoms with E-state index in [1.807, 2.05) is 6.08 Å². The maximum Gasteiger partial charge on any atom is 0.311 e. The quantitative estimate of drug-likeness (QED) is 0.531. The van der Waals surface area contributed by atoms with Crippen molar-refractivity contribution in [1.82, 2.24) is 0 Å². The number of rotatable bonds is 6. The van der Waals surface area contributed by atoms with Gasteiger partial charge in [-0.1, -0.05) is 12.2 Å². The molecule has 0 spiro atoms. The van der Waals surface area contributed by atoms with Crippen LogP contribution in [0.15, 0.2) is 12.2 Å². The van der Waals surface area contributed by atoms with E-state index in [0.717, 1.165) is 0 Å². The molecule has 4 unspecified atom stereocenters. The zero-order valence-electron chi connectivity index (χ0n) is 10.9. The van der Waals surface area contributed by atoms with E-state index < -0.39 is 6.10 Å². The Bertz CT molecular complexity index is 289. The molecule has 0 aromatic carbocycles. The highest BCUT2D eigenvalue weighted by Gasteiger charge is 2.29. The van der Waals surface area contributed by atoms with Crippen molar-refractivity contribution in [3.05, 3.63) is 12.2 Å². The van der Waals surface area contributed by atoms with E-state index in [-0.39, 0.29) is 30.3 Å². The first-order chi connectivity index (χ1) is 8.62. The third-order valence-corrected chi connectivity index (χ3v) is 3.39. The summed E-state index contributed by atoms with van der Waals surface area (Å²) in [7, 11) is 2.91. The first kappa shape index (κ1) is 15.1. The minimum Gasteiger partial charge on any atom is -0.469 e. The van der Waals surface area contributed by atoms with Crippen molar-refractivity contribution in [2.45, 2.75) is 18.9 Å². The summed E-state index contributed by atoms with van der Waals surface area (Å²) >= 11 is 0. The molecule has 1 rings (SSSR count). The molecule has 0 aliphatic heterocycles. The fourth-order valence-corrected chi connectivity index (χ4v) is 2.36. The molecule has 18 heavy (non-hydrogen) atoms. The first-order valence-electron chi connectivity index (χ1n) is 6.16. The van der Waals surface area contributed by atoms with Crippen molar-refractivity contribution in [2.75, 3.05) is 27.4 Å². The van der Waals surface area contributed by atoms with Gasteiger partial charge in [-0.2, -0.15) is 0 Å². The predicted molar refractivity (Wildman–Crippen MR) is 65.8 cm³/mol. The Morgan fingerprint density at radius 1 is 1.44 bits per heavy atom. The minimum absolute atomic E-state index is 0.0465. The van der Waals surface area contributed by atoms with E-state index in [1.54, 1.807) is 13.2 Å². The maximum absolute atomic E-state index is 11.6. The highest BCUT2D eigenvalue weighted by Crippen LogP contribution is 2.28. The van der Waals surface area contributed by atoms with Crippen LogP contribution in [-0.4, -0.2) is 49.7 Å². The normalized spacial score (nSPS) is 29.0. The predicted octanol–water partition coefficient (Wildman–Crippen LogP) is 0.358. The number of aliphatic hydroxyl groups is 2. The summed E-state index contributed by atoms with van der Waals surface area (Å²) in [5.74, 6) is -0.577. The molecular weight excluding hydrogens is 236 g/mol. The van der Waals surface area contributed by atoms with E-state index in [0.29, 0.717) is 19.4 Å². The van der Waals surface area contributed by atoms with Crippen LogP contribution >= 0.6 is 0 Å². The zero-order valence-corrected chi connectivity index (χ0v) is 10.9. The molecule has 5 heteroatoms. The van der Waals surface area contributed by atoms with Crippen LogP contribution in [0.25, 0.3) is 0 Å². The van der Waals surface area contributed by atoms with Gasteiger partial charge in [-0.3, -0.25) is 4.79 Å². The molecule has 0 heterocycles. The molecule has 0 radical (unpaired) electrons. The van der Waals surface area contributed by atoms with Gasteiger partial charge < -0.3 is 19.7 Å². The maximum atomic E-state index is 11.6. The Morgan fingerprint density at radius 3 is 2.72 bits per heavy atom. The van der Waals surface area contributed by atoms with Gasteiger partial charge in [-0.15, -0.1) is 0 Å². The fraction of sp³-hybridized carbons (Fsp3) is 0.769. The van der Waals surface area contributed by atoms with Gasteiger partial charge in [0.25, 0.3) is 0 Å². The van der Waals surface area contributed by atoms with Gasteiger partial charge in [0.05, 0.1) is 25.7 Å². The number of carbonyl (C=O) groups excluding carboxylic acids is 1. The molecule has 4 atom stereocenters. The molecule has 0 bridgehead atoms. The van der Waals surface area contributed by atoms with Gasteiger partial charge in [-0.25, -0.2) is 0 Å². The second-order valence-corrected chi connectivity index (χ2v) is 4.73. The molecule has 0 amide bonds. The Morgan fingerprint density at radius 2 is 2.17 bits per heavy atom. The van der Waals surface area contributed by atoms with E-state index in [1.165, 1.54) is 7.11 Å². The van der Waals surface area contributed by atoms with Crippen molar-refractivity contribution in [2.24, 2.45) is 17.8 Å². The third kappa shape index (κ3) is 4.08. The largest absolute Gasteiger partial charge is 0.469 e. The summed E-state index contributed by atoms with van der Waals surface area (Å²) in [5.41, 5.74) is 0. The van der Waals surface area contributed by atoms with Crippen molar-refractivity contribution in [1.29, 1.82) is 0 Å². The molecular formula is C13H22O5. The average Bonchev–Trinajstić information content (AvgIpc) is 2.39. The Balaban J connectivity index is 2.59. The number of aliphatic hydroxyl groups excluding tert-OH is 2. The zero-order chi connectivity index (χ0) is 13.5. The summed E-state index contributed by atoms with van der Waals surface area (Å²) in [6, 6.07) is 0. The lowest BCUT2D eigenvalue weighted by atomic mass is 9.81. The van der Waals surface area contributed by atoms with E-state index in [9.17, 15) is 9.90 Å². The molecule has 1 aliphatic rings. The molecule has 0 fully saturated rings. The molecule has 5 nitrogen and oxygen atoms in total. The monoisotopic (exact) mass is 258 g/mol. The van der Waals surface area contributed by atoms with Crippen molar-refractivity contribution in [3.63, 3.8) is 0 Å². The number of carbonyl (C=O) groups is 1. The van der Waals surface area contributed by atoms with E-state index in [2.05, 4.69) is 0 Å². The van der Waals surface area contributed by atoms with Crippen molar-refractivity contribution in [3.8, 4) is 0 Å². The van der Waals surface area contributed by atoms with Crippen molar-refractivity contribution < 1.29 is 24.5 Å². The lowest BCUT2D eigenvalue weighted by Gasteiger charge is -2.29. The lowest BCUT2D eigenvalue weighted by Crippen LogP contribution is -2.30. The van der Waals surface area contributed by atoms with Gasteiger partial charge in [-0.05, 0) is 18.8 Å². The van der Waals surface area contributed by atoms with Gasteiger partial charge in [0.15, 0.2) is 0 Å². The highest BCUT2D eigenvalue weighted by molar-refractivity contribution is 5.72. The number of methoxy groups -OCH3 is 2.